The van der Waals surface area contributed by atoms with Crippen LogP contribution in [0.1, 0.15) is 13.8 Å². The van der Waals surface area contributed by atoms with Crippen LogP contribution in [0.15, 0.2) is 0 Å². The molecule has 86 valence electrons. The minimum absolute atomic E-state index is 0.121. The van der Waals surface area contributed by atoms with Crippen molar-refractivity contribution in [3.8, 4) is 0 Å². The van der Waals surface area contributed by atoms with Crippen molar-refractivity contribution in [1.82, 2.24) is 15.5 Å². The van der Waals surface area contributed by atoms with Crippen LogP contribution in [-0.2, 0) is 4.79 Å². The molecule has 2 N–H and O–H groups in total. The van der Waals surface area contributed by atoms with Crippen LogP contribution in [0.2, 0.25) is 0 Å². The van der Waals surface area contributed by atoms with Crippen LogP contribution in [0.25, 0.3) is 0 Å². The van der Waals surface area contributed by atoms with E-state index in [1.54, 1.807) is 7.05 Å². The molecule has 2 saturated heterocycles. The Morgan fingerprint density at radius 3 is 2.87 bits per heavy atom. The molecule has 2 aliphatic heterocycles. The molecule has 2 unspecified atom stereocenters. The number of nitrogens with one attached hydrogen (secondary N) is 2. The zero-order chi connectivity index (χ0) is 11.1. The minimum Gasteiger partial charge on any atom is -0.358 e. The highest BCUT2D eigenvalue weighted by Crippen LogP contribution is 2.40. The van der Waals surface area contributed by atoms with E-state index in [4.69, 9.17) is 0 Å². The number of nitrogens with zero attached hydrogens (tertiary/aromatic N) is 1. The van der Waals surface area contributed by atoms with Gasteiger partial charge in [0.05, 0.1) is 6.54 Å². The van der Waals surface area contributed by atoms with E-state index < -0.39 is 0 Å². The normalized spacial score (nSPS) is 34.1. The lowest BCUT2D eigenvalue weighted by Crippen LogP contribution is -2.48. The standard InChI is InChI=1S/C11H21N3O/c1-11(2)9-5-13-4-8(9)6-14(11)7-10(15)12-3/h8-9,13H,4-7H2,1-3H3,(H,12,15). The van der Waals surface area contributed by atoms with Gasteiger partial charge in [0.15, 0.2) is 0 Å². The maximum Gasteiger partial charge on any atom is 0.233 e. The number of carbonyl (C=O) groups excluding carboxylic acids is 1. The fourth-order valence-corrected chi connectivity index (χ4v) is 3.03. The third-order valence-electron chi connectivity index (χ3n) is 4.13. The Bertz CT molecular complexity index is 265. The average molecular weight is 211 g/mol. The van der Waals surface area contributed by atoms with Crippen LogP contribution in [-0.4, -0.2) is 49.6 Å². The molecule has 2 aliphatic rings. The molecule has 0 bridgehead atoms. The zero-order valence-electron chi connectivity index (χ0n) is 9.84. The first-order valence-electron chi connectivity index (χ1n) is 5.72. The van der Waals surface area contributed by atoms with E-state index in [-0.39, 0.29) is 11.4 Å². The predicted molar refractivity (Wildman–Crippen MR) is 59.6 cm³/mol. The molecule has 0 radical (unpaired) electrons. The molecule has 0 spiro atoms. The molecule has 0 aliphatic carbocycles. The van der Waals surface area contributed by atoms with Crippen LogP contribution in [0, 0.1) is 11.8 Å². The van der Waals surface area contributed by atoms with Gasteiger partial charge in [0, 0.05) is 25.7 Å². The topological polar surface area (TPSA) is 44.4 Å². The second kappa shape index (κ2) is 3.76. The van der Waals surface area contributed by atoms with Crippen molar-refractivity contribution in [1.29, 1.82) is 0 Å². The number of carbonyl (C=O) groups is 1. The van der Waals surface area contributed by atoms with Crippen LogP contribution in [0.4, 0.5) is 0 Å². The van der Waals surface area contributed by atoms with Gasteiger partial charge in [-0.2, -0.15) is 0 Å². The van der Waals surface area contributed by atoms with Crippen molar-refractivity contribution in [2.24, 2.45) is 11.8 Å². The fraction of sp³-hybridized carbons (Fsp3) is 0.909. The third kappa shape index (κ3) is 1.76. The number of likely N-dealkylation sites (N-methyl/N-ethyl adjacent to an activating group) is 1. The lowest BCUT2D eigenvalue weighted by molar-refractivity contribution is -0.122. The van der Waals surface area contributed by atoms with Gasteiger partial charge < -0.3 is 10.6 Å². The number of hydrogen-bond acceptors (Lipinski definition) is 3. The van der Waals surface area contributed by atoms with E-state index >= 15 is 0 Å². The molecule has 15 heavy (non-hydrogen) atoms. The van der Waals surface area contributed by atoms with E-state index in [1.807, 2.05) is 0 Å². The summed E-state index contributed by atoms with van der Waals surface area (Å²) in [4.78, 5) is 13.7. The summed E-state index contributed by atoms with van der Waals surface area (Å²) in [5.74, 6) is 1.54. The third-order valence-corrected chi connectivity index (χ3v) is 4.13. The molecule has 2 atom stereocenters. The summed E-state index contributed by atoms with van der Waals surface area (Å²) in [5, 5.41) is 6.14. The van der Waals surface area contributed by atoms with Crippen LogP contribution in [0.3, 0.4) is 0 Å². The Hall–Kier alpha value is -0.610. The minimum atomic E-state index is 0.121. The molecule has 4 nitrogen and oxygen atoms in total. The smallest absolute Gasteiger partial charge is 0.233 e. The van der Waals surface area contributed by atoms with Gasteiger partial charge in [-0.25, -0.2) is 0 Å². The monoisotopic (exact) mass is 211 g/mol. The Labute approximate surface area is 91.4 Å². The molecule has 0 saturated carbocycles. The van der Waals surface area contributed by atoms with Crippen molar-refractivity contribution in [2.75, 3.05) is 33.2 Å². The first-order valence-corrected chi connectivity index (χ1v) is 5.72. The summed E-state index contributed by atoms with van der Waals surface area (Å²) in [6.45, 7) is 8.32. The van der Waals surface area contributed by atoms with Crippen molar-refractivity contribution >= 4 is 5.91 Å². The molecule has 1 amide bonds. The largest absolute Gasteiger partial charge is 0.358 e. The first-order chi connectivity index (χ1) is 7.05. The Morgan fingerprint density at radius 2 is 2.27 bits per heavy atom. The summed E-state index contributed by atoms with van der Waals surface area (Å²) in [6, 6.07) is 0. The number of fused-ring (bicyclic) bond motifs is 1. The molecule has 2 rings (SSSR count). The maximum atomic E-state index is 11.4. The summed E-state index contributed by atoms with van der Waals surface area (Å²) in [7, 11) is 1.70. The zero-order valence-corrected chi connectivity index (χ0v) is 9.84. The Morgan fingerprint density at radius 1 is 1.53 bits per heavy atom. The van der Waals surface area contributed by atoms with Gasteiger partial charge >= 0.3 is 0 Å². The molecule has 4 heteroatoms. The molecule has 0 aromatic carbocycles. The average Bonchev–Trinajstić information content (AvgIpc) is 2.71. The SMILES string of the molecule is CNC(=O)CN1CC2CNCC2C1(C)C. The van der Waals surface area contributed by atoms with Gasteiger partial charge in [0.25, 0.3) is 0 Å². The molecular formula is C11H21N3O. The van der Waals surface area contributed by atoms with Crippen molar-refractivity contribution in [3.05, 3.63) is 0 Å². The van der Waals surface area contributed by atoms with Gasteiger partial charge in [-0.05, 0) is 32.2 Å². The summed E-state index contributed by atoms with van der Waals surface area (Å²) >= 11 is 0. The van der Waals surface area contributed by atoms with Crippen molar-refractivity contribution in [3.63, 3.8) is 0 Å². The van der Waals surface area contributed by atoms with Gasteiger partial charge in [0.1, 0.15) is 0 Å². The number of rotatable bonds is 2. The van der Waals surface area contributed by atoms with E-state index in [0.29, 0.717) is 12.5 Å². The van der Waals surface area contributed by atoms with Crippen LogP contribution < -0.4 is 10.6 Å². The molecular weight excluding hydrogens is 190 g/mol. The number of hydrogen-bond donors (Lipinski definition) is 2. The summed E-state index contributed by atoms with van der Waals surface area (Å²) in [5.41, 5.74) is 0.153. The number of amides is 1. The summed E-state index contributed by atoms with van der Waals surface area (Å²) < 4.78 is 0. The number of likely N-dealkylation sites (tertiary alicyclic amines) is 1. The van der Waals surface area contributed by atoms with Gasteiger partial charge in [-0.1, -0.05) is 0 Å². The molecule has 2 fully saturated rings. The Kier molecular flexibility index (Phi) is 2.73. The summed E-state index contributed by atoms with van der Waals surface area (Å²) in [6.07, 6.45) is 0. The lowest BCUT2D eigenvalue weighted by atomic mass is 9.85. The maximum absolute atomic E-state index is 11.4. The van der Waals surface area contributed by atoms with E-state index in [1.165, 1.54) is 0 Å². The van der Waals surface area contributed by atoms with Gasteiger partial charge in [0.2, 0.25) is 5.91 Å². The first kappa shape index (κ1) is 10.9. The highest BCUT2D eigenvalue weighted by atomic mass is 16.1. The van der Waals surface area contributed by atoms with E-state index in [9.17, 15) is 4.79 Å². The lowest BCUT2D eigenvalue weighted by Gasteiger charge is -2.35. The second-order valence-electron chi connectivity index (χ2n) is 5.23. The fourth-order valence-electron chi connectivity index (χ4n) is 3.03. The van der Waals surface area contributed by atoms with Gasteiger partial charge in [-0.3, -0.25) is 9.69 Å². The molecule has 2 heterocycles. The van der Waals surface area contributed by atoms with Crippen molar-refractivity contribution in [2.45, 2.75) is 19.4 Å². The highest BCUT2D eigenvalue weighted by Gasteiger charge is 2.49. The Balaban J connectivity index is 2.05. The van der Waals surface area contributed by atoms with Gasteiger partial charge in [-0.15, -0.1) is 0 Å². The second-order valence-corrected chi connectivity index (χ2v) is 5.23. The molecule has 0 aromatic rings. The van der Waals surface area contributed by atoms with Crippen LogP contribution >= 0.6 is 0 Å². The van der Waals surface area contributed by atoms with E-state index in [2.05, 4.69) is 29.4 Å². The predicted octanol–water partition coefficient (Wildman–Crippen LogP) is -0.338. The van der Waals surface area contributed by atoms with Crippen molar-refractivity contribution < 1.29 is 4.79 Å². The van der Waals surface area contributed by atoms with Crippen LogP contribution in [0.5, 0.6) is 0 Å². The quantitative estimate of drug-likeness (QED) is 0.657. The molecule has 0 aromatic heterocycles. The highest BCUT2D eigenvalue weighted by molar-refractivity contribution is 5.77. The van der Waals surface area contributed by atoms with E-state index in [0.717, 1.165) is 25.6 Å².